The number of piperidine rings is 3. The minimum atomic E-state index is -0.185. The molecule has 3 aromatic heterocycles. The van der Waals surface area contributed by atoms with Crippen molar-refractivity contribution >= 4 is 45.9 Å². The summed E-state index contributed by atoms with van der Waals surface area (Å²) >= 11 is 0. The topological polar surface area (TPSA) is 142 Å². The number of anilines is 4. The van der Waals surface area contributed by atoms with Crippen LogP contribution in [0.5, 0.6) is 0 Å². The molecule has 1 unspecified atom stereocenters. The van der Waals surface area contributed by atoms with Gasteiger partial charge in [0.05, 0.1) is 6.54 Å². The second-order valence-corrected chi connectivity index (χ2v) is 16.3. The third-order valence-corrected chi connectivity index (χ3v) is 12.7. The second kappa shape index (κ2) is 16.2. The third-order valence-electron chi connectivity index (χ3n) is 12.7. The van der Waals surface area contributed by atoms with Crippen molar-refractivity contribution in [2.75, 3.05) is 41.3 Å². The number of pyridine rings is 1. The molecule has 5 aromatic rings. The van der Waals surface area contributed by atoms with Crippen molar-refractivity contribution in [1.82, 2.24) is 34.9 Å². The maximum atomic E-state index is 13.5. The maximum absolute atomic E-state index is 13.5. The van der Waals surface area contributed by atoms with Gasteiger partial charge in [0.15, 0.2) is 11.5 Å². The normalized spacial score (nSPS) is 19.4. The maximum Gasteiger partial charge on any atom is 0.278 e. The molecule has 13 nitrogen and oxygen atoms in total. The summed E-state index contributed by atoms with van der Waals surface area (Å²) in [5.74, 6) is 1.12. The van der Waals surface area contributed by atoms with Crippen LogP contribution in [0.25, 0.3) is 16.9 Å². The number of carbonyl (C=O) groups is 2. The van der Waals surface area contributed by atoms with Crippen molar-refractivity contribution in [3.8, 4) is 5.82 Å². The molecule has 3 N–H and O–H groups in total. The van der Waals surface area contributed by atoms with Crippen LogP contribution in [0.1, 0.15) is 86.9 Å². The Labute approximate surface area is 338 Å². The van der Waals surface area contributed by atoms with Crippen LogP contribution in [0, 0.1) is 0 Å². The van der Waals surface area contributed by atoms with Gasteiger partial charge in [-0.05, 0) is 98.5 Å². The van der Waals surface area contributed by atoms with Gasteiger partial charge in [0, 0.05) is 91.9 Å². The monoisotopic (exact) mass is 780 g/mol. The molecular formula is C45H52N10O3. The Balaban J connectivity index is 0.787. The van der Waals surface area contributed by atoms with E-state index in [9.17, 15) is 14.4 Å². The van der Waals surface area contributed by atoms with Gasteiger partial charge in [-0.25, -0.2) is 19.3 Å². The number of nitrogens with zero attached hydrogens (tertiary/aromatic N) is 7. The van der Waals surface area contributed by atoms with E-state index in [-0.39, 0.29) is 23.3 Å². The first-order valence-electron chi connectivity index (χ1n) is 21.0. The van der Waals surface area contributed by atoms with E-state index in [1.165, 1.54) is 16.9 Å². The van der Waals surface area contributed by atoms with E-state index in [2.05, 4.69) is 98.8 Å². The lowest BCUT2D eigenvalue weighted by Gasteiger charge is -2.39. The van der Waals surface area contributed by atoms with Crippen LogP contribution in [0.4, 0.5) is 23.0 Å². The Hall–Kier alpha value is -5.82. The Bertz CT molecular complexity index is 2350. The summed E-state index contributed by atoms with van der Waals surface area (Å²) in [7, 11) is 0. The van der Waals surface area contributed by atoms with Crippen molar-refractivity contribution in [2.24, 2.45) is 0 Å². The summed E-state index contributed by atoms with van der Waals surface area (Å²) in [6.45, 7) is 10.4. The van der Waals surface area contributed by atoms with Gasteiger partial charge in [0.25, 0.3) is 5.56 Å². The number of hydrogen-bond acceptors (Lipinski definition) is 10. The molecule has 13 heteroatoms. The smallest absolute Gasteiger partial charge is 0.278 e. The van der Waals surface area contributed by atoms with E-state index in [0.717, 1.165) is 88.1 Å². The Morgan fingerprint density at radius 2 is 1.45 bits per heavy atom. The summed E-state index contributed by atoms with van der Waals surface area (Å²) in [5, 5.41) is 10.2. The number of hydrogen-bond donors (Lipinski definition) is 3. The molecule has 2 aromatic carbocycles. The minimum Gasteiger partial charge on any atom is -0.371 e. The van der Waals surface area contributed by atoms with Crippen LogP contribution in [0.2, 0.25) is 0 Å². The molecule has 2 amide bonds. The van der Waals surface area contributed by atoms with Gasteiger partial charge < -0.3 is 20.4 Å². The fraction of sp³-hybridized carbons (Fsp3) is 0.422. The van der Waals surface area contributed by atoms with E-state index in [1.54, 1.807) is 17.0 Å². The highest BCUT2D eigenvalue weighted by Gasteiger charge is 2.29. The van der Waals surface area contributed by atoms with E-state index < -0.39 is 0 Å². The fourth-order valence-corrected chi connectivity index (χ4v) is 9.45. The molecule has 9 rings (SSSR count). The standard InChI is InChI=1S/C45H52N10O3/c1-3-21-54-44(58)38-28-46-45(51-43(38)55(54)39-16-9-31-6-5-29(4-2)42(31)49-39)48-33-10-14-37(15-11-33)53-24-19-35(20-25-53)47-34-17-22-52(23-18-34)36-12-7-30(8-13-36)32-26-40(56)50-41(57)27-32/h3,7-16,28-29,32,34-35,47H,1,4-6,17-27H2,2H3,(H,46,48,51)(H,50,56,57). The van der Waals surface area contributed by atoms with E-state index in [1.807, 2.05) is 10.7 Å². The van der Waals surface area contributed by atoms with Gasteiger partial charge in [0.2, 0.25) is 17.8 Å². The first-order chi connectivity index (χ1) is 28.3. The lowest BCUT2D eigenvalue weighted by Crippen LogP contribution is -2.50. The SMILES string of the molecule is C=CCn1c(=O)c2cnc(Nc3ccc(N4CCC(NC5CCN(c6ccc(C7CC(=O)NC(=O)C7)cc6)CC5)CC4)cc3)nc2n1-c1ccc2c(n1)C(CC)CC2. The van der Waals surface area contributed by atoms with E-state index in [0.29, 0.717) is 60.2 Å². The molecule has 6 heterocycles. The first-order valence-corrected chi connectivity index (χ1v) is 21.0. The van der Waals surface area contributed by atoms with Gasteiger partial charge in [-0.2, -0.15) is 4.98 Å². The highest BCUT2D eigenvalue weighted by atomic mass is 16.2. The van der Waals surface area contributed by atoms with Crippen LogP contribution >= 0.6 is 0 Å². The molecule has 4 aliphatic rings. The van der Waals surface area contributed by atoms with Crippen LogP contribution in [0.3, 0.4) is 0 Å². The van der Waals surface area contributed by atoms with Crippen LogP contribution in [-0.4, -0.2) is 74.4 Å². The molecule has 3 saturated heterocycles. The number of benzene rings is 2. The number of rotatable bonds is 11. The number of amides is 2. The van der Waals surface area contributed by atoms with Crippen molar-refractivity contribution in [3.63, 3.8) is 0 Å². The number of nitrogens with one attached hydrogen (secondary N) is 3. The zero-order chi connectivity index (χ0) is 39.8. The summed E-state index contributed by atoms with van der Waals surface area (Å²) < 4.78 is 3.45. The van der Waals surface area contributed by atoms with Crippen LogP contribution in [-0.2, 0) is 22.6 Å². The molecular weight excluding hydrogens is 729 g/mol. The highest BCUT2D eigenvalue weighted by molar-refractivity contribution is 5.98. The molecule has 58 heavy (non-hydrogen) atoms. The van der Waals surface area contributed by atoms with Gasteiger partial charge >= 0.3 is 0 Å². The molecule has 3 fully saturated rings. The first kappa shape index (κ1) is 37.7. The number of aryl methyl sites for hydroxylation is 1. The number of imide groups is 1. The summed E-state index contributed by atoms with van der Waals surface area (Å²) in [5.41, 5.74) is 7.09. The van der Waals surface area contributed by atoms with Crippen molar-refractivity contribution in [1.29, 1.82) is 0 Å². The average Bonchev–Trinajstić information content (AvgIpc) is 3.78. The predicted octanol–water partition coefficient (Wildman–Crippen LogP) is 6.09. The lowest BCUT2D eigenvalue weighted by atomic mass is 9.89. The largest absolute Gasteiger partial charge is 0.371 e. The predicted molar refractivity (Wildman–Crippen MR) is 227 cm³/mol. The second-order valence-electron chi connectivity index (χ2n) is 16.3. The minimum absolute atomic E-state index is 0.0333. The summed E-state index contributed by atoms with van der Waals surface area (Å²) in [6.07, 6.45) is 11.6. The third kappa shape index (κ3) is 7.62. The number of allylic oxidation sites excluding steroid dienone is 1. The average molecular weight is 781 g/mol. The van der Waals surface area contributed by atoms with Crippen molar-refractivity contribution < 1.29 is 9.59 Å². The van der Waals surface area contributed by atoms with Crippen LogP contribution in [0.15, 0.2) is 84.3 Å². The molecule has 300 valence electrons. The van der Waals surface area contributed by atoms with Crippen molar-refractivity contribution in [2.45, 2.75) is 95.2 Å². The quantitative estimate of drug-likeness (QED) is 0.106. The van der Waals surface area contributed by atoms with Gasteiger partial charge in [-0.3, -0.25) is 19.7 Å². The molecule has 0 saturated carbocycles. The van der Waals surface area contributed by atoms with Gasteiger partial charge in [-0.1, -0.05) is 31.2 Å². The molecule has 1 atom stereocenters. The number of aromatic nitrogens is 5. The van der Waals surface area contributed by atoms with E-state index >= 15 is 0 Å². The summed E-state index contributed by atoms with van der Waals surface area (Å²) in [4.78, 5) is 56.6. The van der Waals surface area contributed by atoms with Gasteiger partial charge in [-0.15, -0.1) is 6.58 Å². The van der Waals surface area contributed by atoms with Gasteiger partial charge in [0.1, 0.15) is 5.39 Å². The Morgan fingerprint density at radius 3 is 2.07 bits per heavy atom. The zero-order valence-corrected chi connectivity index (χ0v) is 33.2. The summed E-state index contributed by atoms with van der Waals surface area (Å²) in [6, 6.07) is 22.0. The highest BCUT2D eigenvalue weighted by Crippen LogP contribution is 2.35. The fourth-order valence-electron chi connectivity index (χ4n) is 9.45. The zero-order valence-electron chi connectivity index (χ0n) is 33.2. The Kier molecular flexibility index (Phi) is 10.5. The molecule has 3 aliphatic heterocycles. The molecule has 0 radical (unpaired) electrons. The molecule has 0 spiro atoms. The lowest BCUT2D eigenvalue weighted by molar-refractivity contribution is -0.133. The van der Waals surface area contributed by atoms with Crippen molar-refractivity contribution in [3.05, 3.63) is 107 Å². The number of fused-ring (bicyclic) bond motifs is 2. The Morgan fingerprint density at radius 1 is 0.810 bits per heavy atom. The van der Waals surface area contributed by atoms with E-state index in [4.69, 9.17) is 9.97 Å². The molecule has 0 bridgehead atoms. The number of carbonyl (C=O) groups excluding carboxylic acids is 2. The molecule has 1 aliphatic carbocycles. The van der Waals surface area contributed by atoms with Crippen LogP contribution < -0.4 is 31.3 Å².